The van der Waals surface area contributed by atoms with E-state index in [1.165, 1.54) is 13.0 Å². The van der Waals surface area contributed by atoms with Gasteiger partial charge in [0.1, 0.15) is 0 Å². The molecule has 0 aliphatic carbocycles. The zero-order chi connectivity index (χ0) is 8.20. The Labute approximate surface area is 60.6 Å². The molecular formula is C7H14O3. The molecule has 0 saturated heterocycles. The van der Waals surface area contributed by atoms with Crippen molar-refractivity contribution in [3.8, 4) is 0 Å². The largest absolute Gasteiger partial charge is 0.394 e. The summed E-state index contributed by atoms with van der Waals surface area (Å²) >= 11 is 0. The van der Waals surface area contributed by atoms with E-state index in [9.17, 15) is 5.11 Å². The molecule has 2 unspecified atom stereocenters. The minimum absolute atomic E-state index is 0.118. The minimum atomic E-state index is -1.08. The molecule has 3 nitrogen and oxygen atoms in total. The SMILES string of the molecule is C=CC(C)(O)CC(O)CO. The Morgan fingerprint density at radius 1 is 1.70 bits per heavy atom. The summed E-state index contributed by atoms with van der Waals surface area (Å²) in [5.41, 5.74) is -1.08. The lowest BCUT2D eigenvalue weighted by molar-refractivity contribution is 0.0140. The second kappa shape index (κ2) is 3.71. The van der Waals surface area contributed by atoms with Crippen molar-refractivity contribution in [3.05, 3.63) is 12.7 Å². The van der Waals surface area contributed by atoms with Gasteiger partial charge in [0.25, 0.3) is 0 Å². The lowest BCUT2D eigenvalue weighted by Crippen LogP contribution is -2.29. The molecule has 0 fully saturated rings. The Morgan fingerprint density at radius 3 is 2.50 bits per heavy atom. The third-order valence-corrected chi connectivity index (χ3v) is 1.30. The molecule has 0 saturated carbocycles. The monoisotopic (exact) mass is 146 g/mol. The first-order chi connectivity index (χ1) is 4.52. The Balaban J connectivity index is 3.75. The molecule has 0 aromatic heterocycles. The average molecular weight is 146 g/mol. The van der Waals surface area contributed by atoms with Crippen LogP contribution in [0.5, 0.6) is 0 Å². The summed E-state index contributed by atoms with van der Waals surface area (Å²) in [7, 11) is 0. The topological polar surface area (TPSA) is 60.7 Å². The summed E-state index contributed by atoms with van der Waals surface area (Å²) < 4.78 is 0. The molecule has 0 rings (SSSR count). The van der Waals surface area contributed by atoms with Crippen molar-refractivity contribution in [2.75, 3.05) is 6.61 Å². The van der Waals surface area contributed by atoms with Gasteiger partial charge in [0.2, 0.25) is 0 Å². The van der Waals surface area contributed by atoms with Crippen LogP contribution in [-0.2, 0) is 0 Å². The molecule has 0 aromatic rings. The number of aliphatic hydroxyl groups excluding tert-OH is 2. The predicted molar refractivity (Wildman–Crippen MR) is 38.5 cm³/mol. The van der Waals surface area contributed by atoms with E-state index >= 15 is 0 Å². The van der Waals surface area contributed by atoms with Crippen molar-refractivity contribution < 1.29 is 15.3 Å². The van der Waals surface area contributed by atoms with Gasteiger partial charge in [0.15, 0.2) is 0 Å². The summed E-state index contributed by atoms with van der Waals surface area (Å²) in [5, 5.41) is 26.5. The van der Waals surface area contributed by atoms with Crippen molar-refractivity contribution in [1.29, 1.82) is 0 Å². The predicted octanol–water partition coefficient (Wildman–Crippen LogP) is -0.333. The summed E-state index contributed by atoms with van der Waals surface area (Å²) in [6, 6.07) is 0. The van der Waals surface area contributed by atoms with Crippen LogP contribution in [-0.4, -0.2) is 33.6 Å². The highest BCUT2D eigenvalue weighted by Crippen LogP contribution is 2.12. The first-order valence-electron chi connectivity index (χ1n) is 3.17. The van der Waals surface area contributed by atoms with E-state index in [-0.39, 0.29) is 13.0 Å². The van der Waals surface area contributed by atoms with Gasteiger partial charge in [-0.1, -0.05) is 6.08 Å². The molecule has 3 N–H and O–H groups in total. The van der Waals surface area contributed by atoms with E-state index in [2.05, 4.69) is 6.58 Å². The quantitative estimate of drug-likeness (QED) is 0.476. The van der Waals surface area contributed by atoms with E-state index in [1.54, 1.807) is 0 Å². The lowest BCUT2D eigenvalue weighted by Gasteiger charge is -2.20. The molecule has 0 aromatic carbocycles. The van der Waals surface area contributed by atoms with Crippen LogP contribution < -0.4 is 0 Å². The highest BCUT2D eigenvalue weighted by molar-refractivity contribution is 4.92. The van der Waals surface area contributed by atoms with Crippen molar-refractivity contribution in [2.24, 2.45) is 0 Å². The van der Waals surface area contributed by atoms with Gasteiger partial charge in [-0.3, -0.25) is 0 Å². The van der Waals surface area contributed by atoms with E-state index in [0.29, 0.717) is 0 Å². The summed E-state index contributed by atoms with van der Waals surface area (Å²) in [6.45, 7) is 4.57. The molecule has 2 atom stereocenters. The van der Waals surface area contributed by atoms with Crippen LogP contribution >= 0.6 is 0 Å². The number of hydrogen-bond acceptors (Lipinski definition) is 3. The molecule has 10 heavy (non-hydrogen) atoms. The lowest BCUT2D eigenvalue weighted by atomic mass is 9.99. The van der Waals surface area contributed by atoms with Crippen molar-refractivity contribution in [1.82, 2.24) is 0 Å². The van der Waals surface area contributed by atoms with E-state index < -0.39 is 11.7 Å². The van der Waals surface area contributed by atoms with E-state index in [4.69, 9.17) is 10.2 Å². The van der Waals surface area contributed by atoms with Crippen LogP contribution in [0.25, 0.3) is 0 Å². The highest BCUT2D eigenvalue weighted by atomic mass is 16.3. The maximum atomic E-state index is 9.24. The molecule has 0 heterocycles. The Bertz CT molecular complexity index is 109. The molecule has 3 heteroatoms. The normalized spacial score (nSPS) is 19.6. The van der Waals surface area contributed by atoms with Gasteiger partial charge >= 0.3 is 0 Å². The Kier molecular flexibility index (Phi) is 3.57. The first-order valence-corrected chi connectivity index (χ1v) is 3.17. The fourth-order valence-corrected chi connectivity index (χ4v) is 0.625. The van der Waals surface area contributed by atoms with Gasteiger partial charge in [0, 0.05) is 6.42 Å². The van der Waals surface area contributed by atoms with Gasteiger partial charge in [0.05, 0.1) is 18.3 Å². The smallest absolute Gasteiger partial charge is 0.0822 e. The Morgan fingerprint density at radius 2 is 2.20 bits per heavy atom. The molecular weight excluding hydrogens is 132 g/mol. The third-order valence-electron chi connectivity index (χ3n) is 1.30. The zero-order valence-electron chi connectivity index (χ0n) is 6.12. The summed E-state index contributed by atoms with van der Waals surface area (Å²) in [6.07, 6.45) is 0.590. The van der Waals surface area contributed by atoms with Crippen LogP contribution in [0.3, 0.4) is 0 Å². The van der Waals surface area contributed by atoms with Crippen LogP contribution in [0.4, 0.5) is 0 Å². The maximum absolute atomic E-state index is 9.24. The molecule has 0 radical (unpaired) electrons. The molecule has 60 valence electrons. The minimum Gasteiger partial charge on any atom is -0.394 e. The van der Waals surface area contributed by atoms with Gasteiger partial charge in [-0.15, -0.1) is 6.58 Å². The summed E-state index contributed by atoms with van der Waals surface area (Å²) in [5.74, 6) is 0. The maximum Gasteiger partial charge on any atom is 0.0822 e. The van der Waals surface area contributed by atoms with Gasteiger partial charge in [-0.05, 0) is 6.92 Å². The van der Waals surface area contributed by atoms with Crippen LogP contribution in [0.15, 0.2) is 12.7 Å². The van der Waals surface area contributed by atoms with E-state index in [1.807, 2.05) is 0 Å². The molecule has 0 aliphatic rings. The van der Waals surface area contributed by atoms with Crippen molar-refractivity contribution in [2.45, 2.75) is 25.0 Å². The molecule has 0 bridgehead atoms. The highest BCUT2D eigenvalue weighted by Gasteiger charge is 2.19. The average Bonchev–Trinajstić information content (AvgIpc) is 1.87. The number of aliphatic hydroxyl groups is 3. The van der Waals surface area contributed by atoms with Crippen molar-refractivity contribution >= 4 is 0 Å². The van der Waals surface area contributed by atoms with Crippen LogP contribution in [0, 0.1) is 0 Å². The standard InChI is InChI=1S/C7H14O3/c1-3-7(2,10)4-6(9)5-8/h3,6,8-10H,1,4-5H2,2H3. The van der Waals surface area contributed by atoms with Crippen LogP contribution in [0.2, 0.25) is 0 Å². The summed E-state index contributed by atoms with van der Waals surface area (Å²) in [4.78, 5) is 0. The fraction of sp³-hybridized carbons (Fsp3) is 0.714. The second-order valence-electron chi connectivity index (χ2n) is 2.60. The molecule has 0 amide bonds. The fourth-order valence-electron chi connectivity index (χ4n) is 0.625. The molecule has 0 spiro atoms. The van der Waals surface area contributed by atoms with Gasteiger partial charge in [-0.25, -0.2) is 0 Å². The second-order valence-corrected chi connectivity index (χ2v) is 2.60. The van der Waals surface area contributed by atoms with Crippen molar-refractivity contribution in [3.63, 3.8) is 0 Å². The number of rotatable bonds is 4. The number of hydrogen-bond donors (Lipinski definition) is 3. The van der Waals surface area contributed by atoms with Gasteiger partial charge < -0.3 is 15.3 Å². The Hall–Kier alpha value is -0.380. The molecule has 0 aliphatic heterocycles. The van der Waals surface area contributed by atoms with Gasteiger partial charge in [-0.2, -0.15) is 0 Å². The van der Waals surface area contributed by atoms with Crippen LogP contribution in [0.1, 0.15) is 13.3 Å². The van der Waals surface area contributed by atoms with E-state index in [0.717, 1.165) is 0 Å². The third kappa shape index (κ3) is 3.61. The zero-order valence-corrected chi connectivity index (χ0v) is 6.12. The first kappa shape index (κ1) is 9.62.